The Morgan fingerprint density at radius 1 is 1.19 bits per heavy atom. The second-order valence-electron chi connectivity index (χ2n) is 7.42. The van der Waals surface area contributed by atoms with Gasteiger partial charge in [-0.1, -0.05) is 26.0 Å². The molecule has 1 aromatic carbocycles. The van der Waals surface area contributed by atoms with Crippen molar-refractivity contribution < 1.29 is 4.74 Å². The predicted octanol–water partition coefficient (Wildman–Crippen LogP) is 3.12. The summed E-state index contributed by atoms with van der Waals surface area (Å²) in [5, 5.41) is 3.74. The molecular formula is C18H30N2O. The standard InChI is InChI=1S/C18H30N2O/c1-18(2,13-20(3)4)12-19-16-10-15(11-16)14-6-8-17(21-5)9-7-14/h6-9,15-16,19H,10-13H2,1-5H3. The predicted molar refractivity (Wildman–Crippen MR) is 89.1 cm³/mol. The zero-order chi connectivity index (χ0) is 15.5. The lowest BCUT2D eigenvalue weighted by Gasteiger charge is -2.39. The van der Waals surface area contributed by atoms with Crippen LogP contribution in [-0.4, -0.2) is 45.2 Å². The van der Waals surface area contributed by atoms with E-state index in [1.54, 1.807) is 7.11 Å². The molecule has 1 saturated carbocycles. The van der Waals surface area contributed by atoms with Crippen molar-refractivity contribution >= 4 is 0 Å². The molecule has 1 aromatic rings. The fourth-order valence-corrected chi connectivity index (χ4v) is 3.27. The molecule has 0 spiro atoms. The molecule has 0 heterocycles. The second kappa shape index (κ2) is 6.80. The Labute approximate surface area is 129 Å². The summed E-state index contributed by atoms with van der Waals surface area (Å²) in [5.41, 5.74) is 1.77. The molecule has 1 aliphatic carbocycles. The molecule has 21 heavy (non-hydrogen) atoms. The van der Waals surface area contributed by atoms with Crippen molar-refractivity contribution in [3.05, 3.63) is 29.8 Å². The fraction of sp³-hybridized carbons (Fsp3) is 0.667. The lowest BCUT2D eigenvalue weighted by atomic mass is 9.75. The van der Waals surface area contributed by atoms with Crippen molar-refractivity contribution in [1.29, 1.82) is 0 Å². The van der Waals surface area contributed by atoms with E-state index in [4.69, 9.17) is 4.74 Å². The molecule has 2 rings (SSSR count). The molecule has 118 valence electrons. The molecule has 0 aliphatic heterocycles. The van der Waals surface area contributed by atoms with Crippen LogP contribution in [0.3, 0.4) is 0 Å². The highest BCUT2D eigenvalue weighted by Gasteiger charge is 2.31. The van der Waals surface area contributed by atoms with Crippen LogP contribution in [0.1, 0.15) is 38.2 Å². The molecule has 3 nitrogen and oxygen atoms in total. The van der Waals surface area contributed by atoms with Crippen LogP contribution in [0.4, 0.5) is 0 Å². The van der Waals surface area contributed by atoms with Gasteiger partial charge in [-0.3, -0.25) is 0 Å². The summed E-state index contributed by atoms with van der Waals surface area (Å²) in [6, 6.07) is 9.22. The van der Waals surface area contributed by atoms with Gasteiger partial charge < -0.3 is 15.0 Å². The van der Waals surface area contributed by atoms with Crippen LogP contribution in [-0.2, 0) is 0 Å². The van der Waals surface area contributed by atoms with Crippen LogP contribution in [0.15, 0.2) is 24.3 Å². The third kappa shape index (κ3) is 4.72. The molecule has 0 radical (unpaired) electrons. The van der Waals surface area contributed by atoms with Crippen molar-refractivity contribution in [3.8, 4) is 5.75 Å². The zero-order valence-electron chi connectivity index (χ0n) is 14.1. The molecule has 1 N–H and O–H groups in total. The molecule has 1 fully saturated rings. The highest BCUT2D eigenvalue weighted by Crippen LogP contribution is 2.37. The van der Waals surface area contributed by atoms with Crippen LogP contribution in [0.2, 0.25) is 0 Å². The van der Waals surface area contributed by atoms with Gasteiger partial charge in [-0.25, -0.2) is 0 Å². The van der Waals surface area contributed by atoms with Crippen molar-refractivity contribution in [1.82, 2.24) is 10.2 Å². The minimum atomic E-state index is 0.328. The maximum atomic E-state index is 5.21. The molecule has 0 unspecified atom stereocenters. The van der Waals surface area contributed by atoms with Gasteiger partial charge >= 0.3 is 0 Å². The Balaban J connectivity index is 1.73. The largest absolute Gasteiger partial charge is 0.497 e. The molecule has 0 atom stereocenters. The maximum absolute atomic E-state index is 5.21. The van der Waals surface area contributed by atoms with Crippen LogP contribution in [0.5, 0.6) is 5.75 Å². The Hall–Kier alpha value is -1.06. The fourth-order valence-electron chi connectivity index (χ4n) is 3.27. The van der Waals surface area contributed by atoms with E-state index in [9.17, 15) is 0 Å². The van der Waals surface area contributed by atoms with Gasteiger partial charge in [0.2, 0.25) is 0 Å². The minimum absolute atomic E-state index is 0.328. The summed E-state index contributed by atoms with van der Waals surface area (Å²) in [7, 11) is 6.00. The van der Waals surface area contributed by atoms with Gasteiger partial charge in [0.25, 0.3) is 0 Å². The van der Waals surface area contributed by atoms with E-state index in [1.807, 2.05) is 0 Å². The number of rotatable bonds is 7. The molecule has 0 amide bonds. The van der Waals surface area contributed by atoms with Crippen LogP contribution in [0, 0.1) is 5.41 Å². The highest BCUT2D eigenvalue weighted by molar-refractivity contribution is 5.30. The van der Waals surface area contributed by atoms with Gasteiger partial charge in [-0.15, -0.1) is 0 Å². The molecular weight excluding hydrogens is 260 g/mol. The number of benzene rings is 1. The maximum Gasteiger partial charge on any atom is 0.118 e. The number of nitrogens with zero attached hydrogens (tertiary/aromatic N) is 1. The third-order valence-corrected chi connectivity index (χ3v) is 4.34. The normalized spacial score (nSPS) is 22.2. The van der Waals surface area contributed by atoms with E-state index in [-0.39, 0.29) is 0 Å². The lowest BCUT2D eigenvalue weighted by molar-refractivity contribution is 0.200. The summed E-state index contributed by atoms with van der Waals surface area (Å²) in [6.45, 7) is 6.87. The first-order valence-corrected chi connectivity index (χ1v) is 7.92. The molecule has 1 aliphatic rings. The van der Waals surface area contributed by atoms with Crippen molar-refractivity contribution in [2.24, 2.45) is 5.41 Å². The first kappa shape index (κ1) is 16.3. The van der Waals surface area contributed by atoms with Gasteiger partial charge in [-0.2, -0.15) is 0 Å². The van der Waals surface area contributed by atoms with Gasteiger partial charge in [0.05, 0.1) is 7.11 Å². The number of hydrogen-bond donors (Lipinski definition) is 1. The first-order chi connectivity index (χ1) is 9.89. The summed E-state index contributed by atoms with van der Waals surface area (Å²) in [4.78, 5) is 2.27. The third-order valence-electron chi connectivity index (χ3n) is 4.34. The molecule has 3 heteroatoms. The van der Waals surface area contributed by atoms with Crippen LogP contribution >= 0.6 is 0 Å². The second-order valence-corrected chi connectivity index (χ2v) is 7.42. The Kier molecular flexibility index (Phi) is 5.28. The number of nitrogens with one attached hydrogen (secondary N) is 1. The Bertz CT molecular complexity index is 433. The van der Waals surface area contributed by atoms with Crippen molar-refractivity contribution in [3.63, 3.8) is 0 Å². The highest BCUT2D eigenvalue weighted by atomic mass is 16.5. The smallest absolute Gasteiger partial charge is 0.118 e. The SMILES string of the molecule is COc1ccc(C2CC(NCC(C)(C)CN(C)C)C2)cc1. The number of methoxy groups -OCH3 is 1. The van der Waals surface area contributed by atoms with Gasteiger partial charge in [0, 0.05) is 19.1 Å². The van der Waals surface area contributed by atoms with E-state index in [0.29, 0.717) is 17.4 Å². The van der Waals surface area contributed by atoms with E-state index in [1.165, 1.54) is 18.4 Å². The molecule has 0 bridgehead atoms. The average Bonchev–Trinajstić information content (AvgIpc) is 2.36. The summed E-state index contributed by atoms with van der Waals surface area (Å²) in [5.74, 6) is 1.66. The lowest BCUT2D eigenvalue weighted by Crippen LogP contribution is -2.46. The van der Waals surface area contributed by atoms with Gasteiger partial charge in [-0.05, 0) is 56.0 Å². The minimum Gasteiger partial charge on any atom is -0.497 e. The van der Waals surface area contributed by atoms with Gasteiger partial charge in [0.1, 0.15) is 5.75 Å². The average molecular weight is 290 g/mol. The van der Waals surface area contributed by atoms with E-state index in [2.05, 4.69) is 62.4 Å². The summed E-state index contributed by atoms with van der Waals surface area (Å²) in [6.07, 6.45) is 2.51. The molecule has 0 saturated heterocycles. The monoisotopic (exact) mass is 290 g/mol. The van der Waals surface area contributed by atoms with Crippen LogP contribution in [0.25, 0.3) is 0 Å². The van der Waals surface area contributed by atoms with Crippen LogP contribution < -0.4 is 10.1 Å². The zero-order valence-corrected chi connectivity index (χ0v) is 14.1. The summed E-state index contributed by atoms with van der Waals surface area (Å²) >= 11 is 0. The number of ether oxygens (including phenoxy) is 1. The molecule has 0 aromatic heterocycles. The topological polar surface area (TPSA) is 24.5 Å². The first-order valence-electron chi connectivity index (χ1n) is 7.92. The van der Waals surface area contributed by atoms with E-state index in [0.717, 1.165) is 18.8 Å². The van der Waals surface area contributed by atoms with Gasteiger partial charge in [0.15, 0.2) is 0 Å². The van der Waals surface area contributed by atoms with E-state index < -0.39 is 0 Å². The Morgan fingerprint density at radius 2 is 1.81 bits per heavy atom. The Morgan fingerprint density at radius 3 is 2.33 bits per heavy atom. The quantitative estimate of drug-likeness (QED) is 0.835. The van der Waals surface area contributed by atoms with E-state index >= 15 is 0 Å². The summed E-state index contributed by atoms with van der Waals surface area (Å²) < 4.78 is 5.21. The van der Waals surface area contributed by atoms with Crippen molar-refractivity contribution in [2.45, 2.75) is 38.6 Å². The van der Waals surface area contributed by atoms with Crippen molar-refractivity contribution in [2.75, 3.05) is 34.3 Å². The number of hydrogen-bond acceptors (Lipinski definition) is 3.